The van der Waals surface area contributed by atoms with Crippen molar-refractivity contribution >= 4 is 61.6 Å². The summed E-state index contributed by atoms with van der Waals surface area (Å²) in [5.74, 6) is 1.47. The standard InChI is InChI=1S/C31H37N9O3S/c1-7-20-13-24(26(43-5)14-25(20)40-18-31(19-40)16-38(3)17-31)36-30-34-15-21(8-2)29(37-30)35-23-10-9-22-27(33-12-11-32-22)28(23)39(4)44(6,41)42/h8-15H,2,7,16-19H2,1,3-6H3,(H2,34,35,36,37). The summed E-state index contributed by atoms with van der Waals surface area (Å²) in [5.41, 5.74) is 6.05. The Balaban J connectivity index is 1.32. The fourth-order valence-electron chi connectivity index (χ4n) is 6.25. The third-order valence-corrected chi connectivity index (χ3v) is 9.53. The van der Waals surface area contributed by atoms with Crippen LogP contribution in [0.15, 0.2) is 49.4 Å². The molecule has 0 bridgehead atoms. The van der Waals surface area contributed by atoms with Gasteiger partial charge < -0.3 is 25.2 Å². The Hall–Kier alpha value is -4.49. The number of benzene rings is 2. The quantitative estimate of drug-likeness (QED) is 0.265. The van der Waals surface area contributed by atoms with Gasteiger partial charge in [-0.3, -0.25) is 14.3 Å². The van der Waals surface area contributed by atoms with Crippen molar-refractivity contribution < 1.29 is 13.2 Å². The molecular weight excluding hydrogens is 578 g/mol. The van der Waals surface area contributed by atoms with Gasteiger partial charge >= 0.3 is 0 Å². The lowest BCUT2D eigenvalue weighted by molar-refractivity contribution is -0.00247. The van der Waals surface area contributed by atoms with Gasteiger partial charge in [0.05, 0.1) is 30.3 Å². The average Bonchev–Trinajstić information content (AvgIpc) is 2.97. The van der Waals surface area contributed by atoms with Crippen molar-refractivity contribution in [3.8, 4) is 5.75 Å². The second-order valence-corrected chi connectivity index (χ2v) is 13.6. The Morgan fingerprint density at radius 1 is 1.09 bits per heavy atom. The van der Waals surface area contributed by atoms with E-state index in [0.717, 1.165) is 44.5 Å². The lowest BCUT2D eigenvalue weighted by Gasteiger charge is -2.60. The van der Waals surface area contributed by atoms with Crippen LogP contribution in [-0.4, -0.2) is 86.9 Å². The molecule has 4 heterocycles. The van der Waals surface area contributed by atoms with Crippen LogP contribution in [0.4, 0.5) is 34.5 Å². The third kappa shape index (κ3) is 5.37. The summed E-state index contributed by atoms with van der Waals surface area (Å²) in [7, 11) is 1.70. The number of nitrogens with zero attached hydrogens (tertiary/aromatic N) is 7. The number of sulfonamides is 1. The van der Waals surface area contributed by atoms with E-state index in [1.54, 1.807) is 37.7 Å². The largest absolute Gasteiger partial charge is 0.494 e. The van der Waals surface area contributed by atoms with Crippen LogP contribution in [0, 0.1) is 5.41 Å². The normalized spacial score (nSPS) is 15.9. The molecule has 4 aromatic rings. The van der Waals surface area contributed by atoms with Crippen LogP contribution in [0.2, 0.25) is 0 Å². The van der Waals surface area contributed by atoms with Crippen molar-refractivity contribution in [2.75, 3.05) is 73.5 Å². The summed E-state index contributed by atoms with van der Waals surface area (Å²) in [4.78, 5) is 22.9. The summed E-state index contributed by atoms with van der Waals surface area (Å²) in [6.45, 7) is 10.5. The smallest absolute Gasteiger partial charge is 0.232 e. The Morgan fingerprint density at radius 2 is 1.84 bits per heavy atom. The molecule has 13 heteroatoms. The number of rotatable bonds is 10. The van der Waals surface area contributed by atoms with E-state index in [9.17, 15) is 8.42 Å². The average molecular weight is 616 g/mol. The fourth-order valence-corrected chi connectivity index (χ4v) is 6.76. The van der Waals surface area contributed by atoms with Crippen LogP contribution in [0.25, 0.3) is 17.1 Å². The molecule has 0 aliphatic carbocycles. The van der Waals surface area contributed by atoms with Crippen molar-refractivity contribution in [2.45, 2.75) is 13.3 Å². The highest BCUT2D eigenvalue weighted by molar-refractivity contribution is 7.92. The predicted molar refractivity (Wildman–Crippen MR) is 176 cm³/mol. The van der Waals surface area contributed by atoms with Crippen molar-refractivity contribution in [3.63, 3.8) is 0 Å². The number of aryl methyl sites for hydroxylation is 1. The van der Waals surface area contributed by atoms with Crippen LogP contribution in [-0.2, 0) is 16.4 Å². The zero-order valence-electron chi connectivity index (χ0n) is 25.6. The van der Waals surface area contributed by atoms with E-state index in [1.165, 1.54) is 28.8 Å². The highest BCUT2D eigenvalue weighted by Gasteiger charge is 2.50. The van der Waals surface area contributed by atoms with Gasteiger partial charge in [-0.2, -0.15) is 4.98 Å². The number of ether oxygens (including phenoxy) is 1. The number of aromatic nitrogens is 4. The van der Waals surface area contributed by atoms with E-state index in [0.29, 0.717) is 50.9 Å². The maximum Gasteiger partial charge on any atom is 0.232 e. The van der Waals surface area contributed by atoms with Crippen LogP contribution < -0.4 is 24.6 Å². The molecule has 0 saturated carbocycles. The number of hydrogen-bond donors (Lipinski definition) is 2. The zero-order chi connectivity index (χ0) is 31.2. The molecule has 2 fully saturated rings. The first-order valence-electron chi connectivity index (χ1n) is 14.4. The van der Waals surface area contributed by atoms with Gasteiger partial charge in [0.25, 0.3) is 0 Å². The van der Waals surface area contributed by atoms with Crippen LogP contribution in [0.3, 0.4) is 0 Å². The minimum absolute atomic E-state index is 0.338. The number of fused-ring (bicyclic) bond motifs is 1. The van der Waals surface area contributed by atoms with Crippen LogP contribution in [0.1, 0.15) is 18.1 Å². The second-order valence-electron chi connectivity index (χ2n) is 11.6. The Morgan fingerprint density at radius 3 is 2.50 bits per heavy atom. The van der Waals surface area contributed by atoms with Gasteiger partial charge in [-0.05, 0) is 37.2 Å². The maximum atomic E-state index is 12.6. The van der Waals surface area contributed by atoms with Crippen LogP contribution in [0.5, 0.6) is 5.75 Å². The first-order chi connectivity index (χ1) is 21.0. The minimum Gasteiger partial charge on any atom is -0.494 e. The Kier molecular flexibility index (Phi) is 7.54. The lowest BCUT2D eigenvalue weighted by Crippen LogP contribution is -2.71. The topological polar surface area (TPSA) is 129 Å². The van der Waals surface area contributed by atoms with Gasteiger partial charge in [0.1, 0.15) is 22.8 Å². The fraction of sp³-hybridized carbons (Fsp3) is 0.355. The Bertz CT molecular complexity index is 1850. The van der Waals surface area contributed by atoms with E-state index in [1.807, 2.05) is 0 Å². The van der Waals surface area contributed by atoms with E-state index in [2.05, 4.69) is 68.1 Å². The lowest BCUT2D eigenvalue weighted by atomic mass is 9.73. The summed E-state index contributed by atoms with van der Waals surface area (Å²) in [5, 5.41) is 6.64. The van der Waals surface area contributed by atoms with E-state index in [-0.39, 0.29) is 0 Å². The van der Waals surface area contributed by atoms with Crippen molar-refractivity contribution in [2.24, 2.45) is 5.41 Å². The molecule has 0 radical (unpaired) electrons. The van der Waals surface area contributed by atoms with Gasteiger partial charge in [0, 0.05) is 74.5 Å². The SMILES string of the molecule is C=Cc1cnc(Nc2cc(CC)c(N3CC4(CN(C)C4)C3)cc2OC)nc1Nc1ccc2nccnc2c1N(C)S(C)(=O)=O. The number of methoxy groups -OCH3 is 1. The summed E-state index contributed by atoms with van der Waals surface area (Å²) >= 11 is 0. The molecule has 2 aromatic carbocycles. The molecule has 2 N–H and O–H groups in total. The predicted octanol–water partition coefficient (Wildman–Crippen LogP) is 4.27. The number of anilines is 6. The molecular formula is C31H37N9O3S. The van der Waals surface area contributed by atoms with Crippen molar-refractivity contribution in [1.82, 2.24) is 24.8 Å². The molecule has 2 saturated heterocycles. The Labute approximate surface area is 257 Å². The van der Waals surface area contributed by atoms with Gasteiger partial charge in [0.2, 0.25) is 16.0 Å². The molecule has 2 aliphatic rings. The zero-order valence-corrected chi connectivity index (χ0v) is 26.4. The molecule has 12 nitrogen and oxygen atoms in total. The molecule has 0 unspecified atom stereocenters. The maximum absolute atomic E-state index is 12.6. The monoisotopic (exact) mass is 615 g/mol. The summed E-state index contributed by atoms with van der Waals surface area (Å²) in [6, 6.07) is 7.73. The first-order valence-corrected chi connectivity index (χ1v) is 16.2. The number of likely N-dealkylation sites (tertiary alicyclic amines) is 1. The van der Waals surface area contributed by atoms with Gasteiger partial charge in [0.15, 0.2) is 0 Å². The molecule has 0 amide bonds. The molecule has 44 heavy (non-hydrogen) atoms. The van der Waals surface area contributed by atoms with Crippen LogP contribution >= 0.6 is 0 Å². The van der Waals surface area contributed by atoms with E-state index >= 15 is 0 Å². The van der Waals surface area contributed by atoms with Gasteiger partial charge in [-0.25, -0.2) is 13.4 Å². The first kappa shape index (κ1) is 29.6. The summed E-state index contributed by atoms with van der Waals surface area (Å²) < 4.78 is 32.2. The van der Waals surface area contributed by atoms with Gasteiger partial charge in [-0.1, -0.05) is 19.6 Å². The molecule has 2 aromatic heterocycles. The number of nitrogens with one attached hydrogen (secondary N) is 2. The third-order valence-electron chi connectivity index (χ3n) is 8.35. The summed E-state index contributed by atoms with van der Waals surface area (Å²) in [6.07, 6.45) is 8.39. The number of hydrogen-bond acceptors (Lipinski definition) is 11. The van der Waals surface area contributed by atoms with E-state index < -0.39 is 10.0 Å². The molecule has 2 aliphatic heterocycles. The second kappa shape index (κ2) is 11.2. The molecule has 1 spiro atoms. The molecule has 0 atom stereocenters. The molecule has 230 valence electrons. The highest BCUT2D eigenvalue weighted by Crippen LogP contribution is 2.45. The minimum atomic E-state index is -3.62. The van der Waals surface area contributed by atoms with E-state index in [4.69, 9.17) is 9.72 Å². The molecule has 6 rings (SSSR count). The highest BCUT2D eigenvalue weighted by atomic mass is 32.2. The van der Waals surface area contributed by atoms with Crippen molar-refractivity contribution in [1.29, 1.82) is 0 Å². The van der Waals surface area contributed by atoms with Gasteiger partial charge in [-0.15, -0.1) is 0 Å². The van der Waals surface area contributed by atoms with Crippen molar-refractivity contribution in [3.05, 3.63) is 60.6 Å².